The lowest BCUT2D eigenvalue weighted by molar-refractivity contribution is -0.154. The lowest BCUT2D eigenvalue weighted by Crippen LogP contribution is -2.51. The second-order valence-electron chi connectivity index (χ2n) is 6.24. The highest BCUT2D eigenvalue weighted by molar-refractivity contribution is 7.15. The maximum absolute atomic E-state index is 13.3. The zero-order valence-electron chi connectivity index (χ0n) is 14.2. The second-order valence-corrected chi connectivity index (χ2v) is 7.84. The number of aryl methyl sites for hydroxylation is 1. The molecule has 0 amide bonds. The highest BCUT2D eigenvalue weighted by Crippen LogP contribution is 2.34. The Morgan fingerprint density at radius 1 is 1.44 bits per heavy atom. The molecule has 7 nitrogen and oxygen atoms in total. The molecule has 9 heteroatoms. The minimum absolute atomic E-state index is 0.169. The Morgan fingerprint density at radius 2 is 2.12 bits per heavy atom. The summed E-state index contributed by atoms with van der Waals surface area (Å²) in [7, 11) is 1.81. The van der Waals surface area contributed by atoms with E-state index in [4.69, 9.17) is 16.3 Å². The summed E-state index contributed by atoms with van der Waals surface area (Å²) in [5.74, 6) is -0.935. The van der Waals surface area contributed by atoms with Gasteiger partial charge in [0, 0.05) is 5.02 Å². The summed E-state index contributed by atoms with van der Waals surface area (Å²) in [6, 6.07) is 7.01. The molecule has 134 valence electrons. The highest BCUT2D eigenvalue weighted by Gasteiger charge is 2.45. The maximum atomic E-state index is 13.3. The molecule has 25 heavy (non-hydrogen) atoms. The van der Waals surface area contributed by atoms with Crippen LogP contribution in [-0.4, -0.2) is 47.6 Å². The zero-order chi connectivity index (χ0) is 18.2. The van der Waals surface area contributed by atoms with Gasteiger partial charge in [-0.05, 0) is 49.9 Å². The van der Waals surface area contributed by atoms with Crippen molar-refractivity contribution in [3.63, 3.8) is 0 Å². The minimum atomic E-state index is -0.861. The molecule has 2 aromatic rings. The van der Waals surface area contributed by atoms with Crippen molar-refractivity contribution < 1.29 is 9.53 Å². The number of likely N-dealkylation sites (N-methyl/N-ethyl adjacent to an activating group) is 1. The van der Waals surface area contributed by atoms with E-state index in [1.165, 1.54) is 11.3 Å². The Balaban J connectivity index is 1.78. The molecule has 1 aromatic heterocycles. The van der Waals surface area contributed by atoms with E-state index in [0.717, 1.165) is 5.56 Å². The van der Waals surface area contributed by atoms with E-state index in [9.17, 15) is 10.0 Å². The largest absolute Gasteiger partial charge is 0.622 e. The summed E-state index contributed by atoms with van der Waals surface area (Å²) in [5, 5.41) is 22.8. The molecule has 1 aromatic carbocycles. The van der Waals surface area contributed by atoms with Gasteiger partial charge in [0.2, 0.25) is 0 Å². The third-order valence-corrected chi connectivity index (χ3v) is 5.40. The van der Waals surface area contributed by atoms with Crippen molar-refractivity contribution in [3.8, 4) is 0 Å². The van der Waals surface area contributed by atoms with E-state index < -0.39 is 22.8 Å². The van der Waals surface area contributed by atoms with Crippen LogP contribution in [0.25, 0.3) is 0 Å². The molecule has 1 fully saturated rings. The first-order chi connectivity index (χ1) is 11.8. The zero-order valence-corrected chi connectivity index (χ0v) is 15.8. The van der Waals surface area contributed by atoms with E-state index in [-0.39, 0.29) is 6.67 Å². The molecule has 2 heterocycles. The highest BCUT2D eigenvalue weighted by atomic mass is 35.5. The number of carbonyl (C=O) groups is 1. The number of rotatable bonds is 4. The summed E-state index contributed by atoms with van der Waals surface area (Å²) in [4.78, 5) is 14.4. The molecule has 0 bridgehead atoms. The van der Waals surface area contributed by atoms with E-state index in [1.54, 1.807) is 38.1 Å². The van der Waals surface area contributed by atoms with Crippen LogP contribution >= 0.6 is 22.9 Å². The maximum Gasteiger partial charge on any atom is 0.317 e. The Hall–Kier alpha value is -1.58. The van der Waals surface area contributed by atoms with Gasteiger partial charge in [-0.1, -0.05) is 28.8 Å². The van der Waals surface area contributed by atoms with Crippen LogP contribution in [0.5, 0.6) is 0 Å². The number of esters is 1. The quantitative estimate of drug-likeness (QED) is 0.459. The van der Waals surface area contributed by atoms with Gasteiger partial charge in [0.05, 0.1) is 12.5 Å². The number of benzene rings is 1. The first-order valence-electron chi connectivity index (χ1n) is 7.83. The fourth-order valence-electron chi connectivity index (χ4n) is 2.77. The molecule has 3 unspecified atom stereocenters. The van der Waals surface area contributed by atoms with Gasteiger partial charge >= 0.3 is 11.1 Å². The molecule has 0 spiro atoms. The summed E-state index contributed by atoms with van der Waals surface area (Å²) < 4.78 is 4.77. The number of hydrogen-bond acceptors (Lipinski definition) is 7. The molecule has 1 aliphatic heterocycles. The fraction of sp³-hybridized carbons (Fsp3) is 0.438. The lowest BCUT2D eigenvalue weighted by Gasteiger charge is -2.38. The molecule has 0 N–H and O–H groups in total. The summed E-state index contributed by atoms with van der Waals surface area (Å²) in [6.45, 7) is 4.05. The molecular formula is C16H19ClN4O3S. The van der Waals surface area contributed by atoms with Gasteiger partial charge in [0.1, 0.15) is 11.7 Å². The van der Waals surface area contributed by atoms with E-state index in [0.29, 0.717) is 21.7 Å². The molecule has 1 aliphatic rings. The van der Waals surface area contributed by atoms with Crippen molar-refractivity contribution in [2.45, 2.75) is 26.0 Å². The summed E-state index contributed by atoms with van der Waals surface area (Å²) >= 11 is 7.11. The predicted molar refractivity (Wildman–Crippen MR) is 97.1 cm³/mol. The van der Waals surface area contributed by atoms with Crippen molar-refractivity contribution >= 4 is 34.0 Å². The van der Waals surface area contributed by atoms with Crippen LogP contribution in [0.1, 0.15) is 23.4 Å². The number of nitrogens with zero attached hydrogens (tertiary/aromatic N) is 4. The van der Waals surface area contributed by atoms with Crippen molar-refractivity contribution in [2.75, 3.05) is 20.3 Å². The van der Waals surface area contributed by atoms with Gasteiger partial charge in [0.15, 0.2) is 0 Å². The topological polar surface area (TPSA) is 78.4 Å². The average Bonchev–Trinajstić information content (AvgIpc) is 3.12. The fourth-order valence-corrected chi connectivity index (χ4v) is 3.66. The first-order valence-corrected chi connectivity index (χ1v) is 9.03. The van der Waals surface area contributed by atoms with Crippen LogP contribution in [0.2, 0.25) is 5.02 Å². The number of ether oxygens (including phenoxy) is 1. The van der Waals surface area contributed by atoms with Crippen LogP contribution in [0.3, 0.4) is 0 Å². The molecule has 3 atom stereocenters. The van der Waals surface area contributed by atoms with E-state index >= 15 is 0 Å². The van der Waals surface area contributed by atoms with Crippen molar-refractivity contribution in [2.24, 2.45) is 0 Å². The van der Waals surface area contributed by atoms with Gasteiger partial charge in [0.25, 0.3) is 6.23 Å². The lowest BCUT2D eigenvalue weighted by atomic mass is 10.0. The number of carbonyl (C=O) groups excluding carboxylic acids is 1. The van der Waals surface area contributed by atoms with Crippen LogP contribution in [0.15, 0.2) is 24.3 Å². The Bertz CT molecular complexity index is 769. The van der Waals surface area contributed by atoms with Crippen molar-refractivity contribution in [1.29, 1.82) is 0 Å². The number of halogens is 1. The number of quaternary nitrogens is 1. The van der Waals surface area contributed by atoms with E-state index in [1.807, 2.05) is 11.9 Å². The van der Waals surface area contributed by atoms with Crippen LogP contribution < -0.4 is 4.65 Å². The summed E-state index contributed by atoms with van der Waals surface area (Å²) in [6.07, 6.45) is -0.861. The second kappa shape index (κ2) is 6.97. The van der Waals surface area contributed by atoms with Gasteiger partial charge in [-0.15, -0.1) is 5.10 Å². The predicted octanol–water partition coefficient (Wildman–Crippen LogP) is 2.88. The molecule has 0 aliphatic carbocycles. The normalized spacial score (nSPS) is 25.1. The Labute approximate surface area is 155 Å². The molecule has 1 saturated heterocycles. The van der Waals surface area contributed by atoms with Crippen LogP contribution in [0.4, 0.5) is 5.13 Å². The van der Waals surface area contributed by atoms with E-state index in [2.05, 4.69) is 10.2 Å². The van der Waals surface area contributed by atoms with Gasteiger partial charge < -0.3 is 9.94 Å². The first kappa shape index (κ1) is 18.2. The SMILES string of the molecule is Cc1nnc([N+]2([O-])CN(C)CC2OC(=O)C(C)c2ccc(Cl)cc2)s1. The van der Waals surface area contributed by atoms with Crippen LogP contribution in [0, 0.1) is 12.1 Å². The Morgan fingerprint density at radius 3 is 2.72 bits per heavy atom. The third kappa shape index (κ3) is 3.68. The number of hydrogen-bond donors (Lipinski definition) is 0. The number of hydroxylamine groups is 2. The summed E-state index contributed by atoms with van der Waals surface area (Å²) in [5.41, 5.74) is 0.788. The third-order valence-electron chi connectivity index (χ3n) is 4.20. The molecular weight excluding hydrogens is 364 g/mol. The monoisotopic (exact) mass is 382 g/mol. The standard InChI is InChI=1S/C16H19ClN4O3S/c1-10(12-4-6-13(17)7-5-12)15(22)24-14-8-20(3)9-21(14,23)16-19-18-11(2)25-16/h4-7,10,14H,8-9H2,1-3H3. The van der Waals surface area contributed by atoms with Gasteiger partial charge in [-0.3, -0.25) is 9.44 Å². The van der Waals surface area contributed by atoms with Crippen LogP contribution in [-0.2, 0) is 9.53 Å². The van der Waals surface area contributed by atoms with Gasteiger partial charge in [-0.2, -0.15) is 0 Å². The molecule has 0 saturated carbocycles. The van der Waals surface area contributed by atoms with Crippen molar-refractivity contribution in [1.82, 2.24) is 19.7 Å². The van der Waals surface area contributed by atoms with Crippen molar-refractivity contribution in [3.05, 3.63) is 45.1 Å². The Kier molecular flexibility index (Phi) is 5.08. The smallest absolute Gasteiger partial charge is 0.317 e. The molecule has 3 rings (SSSR count). The average molecular weight is 383 g/mol. The van der Waals surface area contributed by atoms with Gasteiger partial charge in [-0.25, -0.2) is 4.90 Å². The molecule has 0 radical (unpaired) electrons. The minimum Gasteiger partial charge on any atom is -0.622 e. The number of aromatic nitrogens is 2.